The van der Waals surface area contributed by atoms with E-state index in [9.17, 15) is 14.4 Å². The lowest BCUT2D eigenvalue weighted by molar-refractivity contribution is -0.119. The fraction of sp³-hybridized carbons (Fsp3) is 0.400. The molecule has 0 spiro atoms. The first-order valence-corrected chi connectivity index (χ1v) is 12.0. The fourth-order valence-corrected chi connectivity index (χ4v) is 5.40. The van der Waals surface area contributed by atoms with E-state index in [0.29, 0.717) is 30.3 Å². The van der Waals surface area contributed by atoms with Gasteiger partial charge in [-0.15, -0.1) is 0 Å². The van der Waals surface area contributed by atoms with Gasteiger partial charge in [-0.2, -0.15) is 0 Å². The average molecular weight is 514 g/mol. The van der Waals surface area contributed by atoms with Crippen LogP contribution in [0, 0.1) is 29.4 Å². The van der Waals surface area contributed by atoms with E-state index in [1.54, 1.807) is 23.1 Å². The van der Waals surface area contributed by atoms with Crippen molar-refractivity contribution in [3.8, 4) is 11.5 Å². The van der Waals surface area contributed by atoms with Crippen LogP contribution >= 0.6 is 0 Å². The summed E-state index contributed by atoms with van der Waals surface area (Å²) in [6, 6.07) is 7.38. The van der Waals surface area contributed by atoms with Crippen molar-refractivity contribution in [3.63, 3.8) is 0 Å². The molecule has 0 bridgehead atoms. The van der Waals surface area contributed by atoms with E-state index >= 15 is 8.78 Å². The van der Waals surface area contributed by atoms with Crippen LogP contribution in [0.2, 0.25) is 0 Å². The van der Waals surface area contributed by atoms with Crippen molar-refractivity contribution in [3.05, 3.63) is 42.0 Å². The minimum atomic E-state index is -0.796. The van der Waals surface area contributed by atoms with Crippen molar-refractivity contribution in [1.29, 1.82) is 0 Å². The minimum absolute atomic E-state index is 0.00409. The summed E-state index contributed by atoms with van der Waals surface area (Å²) in [7, 11) is 0. The average Bonchev–Trinajstić information content (AvgIpc) is 3.23. The predicted octanol–water partition coefficient (Wildman–Crippen LogP) is 2.48. The molecule has 0 aromatic heterocycles. The summed E-state index contributed by atoms with van der Waals surface area (Å²) < 4.78 is 45.9. The molecule has 3 aliphatic heterocycles. The molecule has 2 aromatic carbocycles. The number of anilines is 3. The van der Waals surface area contributed by atoms with Crippen molar-refractivity contribution >= 4 is 35.0 Å². The maximum absolute atomic E-state index is 15.1. The van der Waals surface area contributed by atoms with Crippen LogP contribution in [0.15, 0.2) is 30.3 Å². The van der Waals surface area contributed by atoms with Gasteiger partial charge in [-0.25, -0.2) is 13.6 Å². The Hall–Kier alpha value is -4.09. The lowest BCUT2D eigenvalue weighted by atomic mass is 10.2. The number of benzene rings is 2. The number of cyclic esters (lactones) is 1. The molecule has 12 heteroatoms. The zero-order valence-electron chi connectivity index (χ0n) is 19.8. The molecule has 3 amide bonds. The van der Waals surface area contributed by atoms with Gasteiger partial charge in [-0.3, -0.25) is 14.5 Å². The molecular weight excluding hydrogens is 490 g/mol. The van der Waals surface area contributed by atoms with Crippen molar-refractivity contribution in [2.24, 2.45) is 17.8 Å². The number of piperidine rings is 1. The van der Waals surface area contributed by atoms with Crippen LogP contribution in [0.5, 0.6) is 11.5 Å². The van der Waals surface area contributed by atoms with Gasteiger partial charge < -0.3 is 29.7 Å². The lowest BCUT2D eigenvalue weighted by Gasteiger charge is -2.24. The normalized spacial score (nSPS) is 25.1. The smallest absolute Gasteiger partial charge is 0.414 e. The molecule has 6 rings (SSSR count). The molecule has 1 saturated carbocycles. The second-order valence-electron chi connectivity index (χ2n) is 9.63. The summed E-state index contributed by atoms with van der Waals surface area (Å²) >= 11 is 0. The summed E-state index contributed by atoms with van der Waals surface area (Å²) in [6.07, 6.45) is -1.35. The van der Waals surface area contributed by atoms with E-state index in [0.717, 1.165) is 17.0 Å². The molecule has 2 N–H and O–H groups in total. The fourth-order valence-electron chi connectivity index (χ4n) is 5.40. The molecule has 2 aromatic rings. The first-order chi connectivity index (χ1) is 17.8. The van der Waals surface area contributed by atoms with Crippen molar-refractivity contribution < 1.29 is 37.4 Å². The van der Waals surface area contributed by atoms with Crippen LogP contribution in [-0.4, -0.2) is 57.0 Å². The van der Waals surface area contributed by atoms with E-state index in [4.69, 9.17) is 14.2 Å². The molecule has 2 saturated heterocycles. The third kappa shape index (κ3) is 4.25. The summed E-state index contributed by atoms with van der Waals surface area (Å²) in [5, 5.41) is 5.44. The second kappa shape index (κ2) is 8.79. The van der Waals surface area contributed by atoms with Crippen LogP contribution in [0.25, 0.3) is 0 Å². The first-order valence-electron chi connectivity index (χ1n) is 12.0. The highest BCUT2D eigenvalue weighted by Crippen LogP contribution is 2.53. The van der Waals surface area contributed by atoms with Gasteiger partial charge in [0.05, 0.1) is 18.8 Å². The summed E-state index contributed by atoms with van der Waals surface area (Å²) in [6.45, 7) is 2.36. The Bertz CT molecular complexity index is 1270. The number of halogens is 2. The zero-order valence-corrected chi connectivity index (χ0v) is 19.8. The monoisotopic (exact) mass is 514 g/mol. The van der Waals surface area contributed by atoms with Crippen LogP contribution in [0.1, 0.15) is 6.92 Å². The third-order valence-corrected chi connectivity index (χ3v) is 7.22. The van der Waals surface area contributed by atoms with Gasteiger partial charge in [0, 0.05) is 49.8 Å². The number of carbonyl (C=O) groups excluding carboxylic acids is 3. The molecule has 1 unspecified atom stereocenters. The van der Waals surface area contributed by atoms with Crippen molar-refractivity contribution in [2.75, 3.05) is 48.1 Å². The molecule has 10 nitrogen and oxygen atoms in total. The predicted molar refractivity (Wildman–Crippen MR) is 127 cm³/mol. The molecule has 3 fully saturated rings. The zero-order chi connectivity index (χ0) is 25.8. The number of nitrogens with one attached hydrogen (secondary N) is 2. The number of nitrogens with zero attached hydrogens (tertiary/aromatic N) is 2. The Morgan fingerprint density at radius 1 is 1.03 bits per heavy atom. The highest BCUT2D eigenvalue weighted by atomic mass is 19.1. The molecule has 37 heavy (non-hydrogen) atoms. The van der Waals surface area contributed by atoms with Gasteiger partial charge >= 0.3 is 6.09 Å². The highest BCUT2D eigenvalue weighted by molar-refractivity contribution is 5.95. The maximum Gasteiger partial charge on any atom is 0.414 e. The van der Waals surface area contributed by atoms with E-state index in [2.05, 4.69) is 10.6 Å². The van der Waals surface area contributed by atoms with Crippen LogP contribution in [0.4, 0.5) is 30.6 Å². The number of ether oxygens (including phenoxy) is 3. The first kappa shape index (κ1) is 23.3. The standard InChI is InChI=1S/C25H24F2N4O6/c1-12(32)28-7-15-8-31(25(34)37-15)14-5-18(26)23(19(27)6-14)30-9-16-17(10-30)22(16)24(33)29-13-2-3-20-21(4-13)36-11-35-20/h2-6,15-17,22H,7-11H2,1H3,(H,28,32)(H,29,33)/t15-,16-,17+,22?/m0/s1. The number of amides is 3. The van der Waals surface area contributed by atoms with Crippen LogP contribution in [-0.2, 0) is 14.3 Å². The van der Waals surface area contributed by atoms with E-state index in [1.165, 1.54) is 6.92 Å². The Morgan fingerprint density at radius 3 is 2.43 bits per heavy atom. The van der Waals surface area contributed by atoms with Gasteiger partial charge in [0.15, 0.2) is 23.1 Å². The van der Waals surface area contributed by atoms with E-state index in [1.807, 2.05) is 0 Å². The topological polar surface area (TPSA) is 109 Å². The summed E-state index contributed by atoms with van der Waals surface area (Å²) in [5.41, 5.74) is 0.469. The van der Waals surface area contributed by atoms with E-state index < -0.39 is 23.8 Å². The molecule has 194 valence electrons. The number of hydrogen-bond donors (Lipinski definition) is 2. The molecule has 3 heterocycles. The van der Waals surface area contributed by atoms with Gasteiger partial charge in [0.1, 0.15) is 11.8 Å². The number of hydrogen-bond acceptors (Lipinski definition) is 7. The van der Waals surface area contributed by atoms with Gasteiger partial charge in [-0.05, 0) is 24.0 Å². The van der Waals surface area contributed by atoms with Gasteiger partial charge in [-0.1, -0.05) is 0 Å². The van der Waals surface area contributed by atoms with Crippen LogP contribution in [0.3, 0.4) is 0 Å². The molecule has 4 atom stereocenters. The number of fused-ring (bicyclic) bond motifs is 2. The Balaban J connectivity index is 1.08. The second-order valence-corrected chi connectivity index (χ2v) is 9.63. The Kier molecular flexibility index (Phi) is 5.54. The minimum Gasteiger partial charge on any atom is -0.454 e. The molecule has 0 radical (unpaired) electrons. The quantitative estimate of drug-likeness (QED) is 0.610. The van der Waals surface area contributed by atoms with Crippen molar-refractivity contribution in [2.45, 2.75) is 13.0 Å². The molecular formula is C25H24F2N4O6. The highest BCUT2D eigenvalue weighted by Gasteiger charge is 2.60. The maximum atomic E-state index is 15.1. The molecule has 1 aliphatic carbocycles. The third-order valence-electron chi connectivity index (χ3n) is 7.22. The Labute approximate surface area is 210 Å². The van der Waals surface area contributed by atoms with Gasteiger partial charge in [0.2, 0.25) is 18.6 Å². The largest absolute Gasteiger partial charge is 0.454 e. The summed E-state index contributed by atoms with van der Waals surface area (Å²) in [5.74, 6) is -1.04. The Morgan fingerprint density at radius 2 is 1.73 bits per heavy atom. The van der Waals surface area contributed by atoms with Crippen LogP contribution < -0.4 is 29.9 Å². The molecule has 4 aliphatic rings. The van der Waals surface area contributed by atoms with E-state index in [-0.39, 0.29) is 60.8 Å². The number of rotatable bonds is 6. The SMILES string of the molecule is CC(=O)NC[C@H]1CN(c2cc(F)c(N3C[C@@H]4C(C(=O)Nc5ccc6c(c5)OCO6)[C@@H]4C3)c(F)c2)C(=O)O1. The number of carbonyl (C=O) groups is 3. The lowest BCUT2D eigenvalue weighted by Crippen LogP contribution is -2.33. The van der Waals surface area contributed by atoms with Crippen molar-refractivity contribution in [1.82, 2.24) is 5.32 Å². The summed E-state index contributed by atoms with van der Waals surface area (Å²) in [4.78, 5) is 38.8. The van der Waals surface area contributed by atoms with Gasteiger partial charge in [0.25, 0.3) is 0 Å².